The largest absolute Gasteiger partial charge is 0.305 e. The van der Waals surface area contributed by atoms with Gasteiger partial charge < -0.3 is 0 Å². The molecule has 0 aromatic heterocycles. The summed E-state index contributed by atoms with van der Waals surface area (Å²) in [4.78, 5) is 37.5. The van der Waals surface area contributed by atoms with Crippen LogP contribution < -0.4 is 0 Å². The summed E-state index contributed by atoms with van der Waals surface area (Å²) in [6.07, 6.45) is 1.67. The highest BCUT2D eigenvalue weighted by Gasteiger charge is 2.64. The van der Waals surface area contributed by atoms with Crippen LogP contribution in [0.2, 0.25) is 0 Å². The molecule has 0 aromatic rings. The smallest absolute Gasteiger partial charge is 0.270 e. The Balaban J connectivity index is 3.12. The summed E-state index contributed by atoms with van der Waals surface area (Å²) in [5.41, 5.74) is -2.35. The predicted molar refractivity (Wildman–Crippen MR) is 63.4 cm³/mol. The minimum Gasteiger partial charge on any atom is -0.270 e. The first-order chi connectivity index (χ1) is 7.67. The maximum absolute atomic E-state index is 12.1. The van der Waals surface area contributed by atoms with E-state index in [2.05, 4.69) is 0 Å². The first-order valence-corrected chi connectivity index (χ1v) is 6.01. The van der Waals surface area contributed by atoms with Crippen LogP contribution in [-0.4, -0.2) is 39.1 Å². The standard InChI is InChI=1S/C12H21N2O3/c1-6-7-8-13-9(15)11(2,3)14(17)12(4,5)10(13)16/h6-8H2,1-5H3/q+1. The molecule has 0 aromatic carbocycles. The number of hydrogen-bond acceptors (Lipinski definition) is 3. The van der Waals surface area contributed by atoms with Gasteiger partial charge in [0.25, 0.3) is 11.1 Å². The molecule has 1 fully saturated rings. The molecule has 1 rings (SSSR count). The van der Waals surface area contributed by atoms with Crippen molar-refractivity contribution in [2.75, 3.05) is 6.54 Å². The zero-order valence-corrected chi connectivity index (χ0v) is 11.2. The molecule has 5 heteroatoms. The topological polar surface area (TPSA) is 57.5 Å². The fourth-order valence-electron chi connectivity index (χ4n) is 2.14. The summed E-state index contributed by atoms with van der Waals surface area (Å²) in [6, 6.07) is 0. The lowest BCUT2D eigenvalue weighted by molar-refractivity contribution is -0.660. The summed E-state index contributed by atoms with van der Waals surface area (Å²) < 4.78 is 0.618. The molecule has 1 heterocycles. The van der Waals surface area contributed by atoms with Crippen molar-refractivity contribution in [1.29, 1.82) is 0 Å². The lowest BCUT2D eigenvalue weighted by Gasteiger charge is -2.36. The zero-order chi connectivity index (χ0) is 13.4. The van der Waals surface area contributed by atoms with Gasteiger partial charge in [-0.15, -0.1) is 0 Å². The first kappa shape index (κ1) is 13.8. The minimum absolute atomic E-state index is 0.398. The van der Waals surface area contributed by atoms with Crippen LogP contribution in [0.15, 0.2) is 0 Å². The Morgan fingerprint density at radius 2 is 1.47 bits per heavy atom. The average Bonchev–Trinajstić information content (AvgIpc) is 2.26. The molecule has 0 N–H and O–H groups in total. The molecule has 2 amide bonds. The van der Waals surface area contributed by atoms with Crippen LogP contribution in [0.1, 0.15) is 47.5 Å². The summed E-state index contributed by atoms with van der Waals surface area (Å²) in [5, 5.41) is 0. The van der Waals surface area contributed by atoms with Crippen molar-refractivity contribution < 1.29 is 14.3 Å². The van der Waals surface area contributed by atoms with Crippen molar-refractivity contribution in [2.45, 2.75) is 58.5 Å². The number of imide groups is 1. The van der Waals surface area contributed by atoms with Crippen LogP contribution in [-0.2, 0) is 9.59 Å². The number of carbonyl (C=O) groups is 2. The molecule has 0 bridgehead atoms. The SMILES string of the molecule is CCCCN1C(=O)C(C)(C)[N+](=O)C(C)(C)C1=O. The summed E-state index contributed by atoms with van der Waals surface area (Å²) in [5.74, 6) is -0.796. The first-order valence-electron chi connectivity index (χ1n) is 6.01. The van der Waals surface area contributed by atoms with Crippen LogP contribution in [0.4, 0.5) is 0 Å². The lowest BCUT2D eigenvalue weighted by Crippen LogP contribution is -2.69. The summed E-state index contributed by atoms with van der Waals surface area (Å²) >= 11 is 0. The molecule has 1 saturated heterocycles. The van der Waals surface area contributed by atoms with Crippen molar-refractivity contribution in [2.24, 2.45) is 0 Å². The third-order valence-electron chi connectivity index (χ3n) is 3.29. The predicted octanol–water partition coefficient (Wildman–Crippen LogP) is 1.49. The fourth-order valence-corrected chi connectivity index (χ4v) is 2.14. The van der Waals surface area contributed by atoms with E-state index in [9.17, 15) is 14.5 Å². The second-order valence-electron chi connectivity index (χ2n) is 5.53. The second-order valence-corrected chi connectivity index (χ2v) is 5.53. The van der Waals surface area contributed by atoms with Crippen molar-refractivity contribution >= 4 is 11.8 Å². The van der Waals surface area contributed by atoms with Gasteiger partial charge in [-0.3, -0.25) is 14.5 Å². The molecule has 0 saturated carbocycles. The van der Waals surface area contributed by atoms with Gasteiger partial charge >= 0.3 is 11.8 Å². The van der Waals surface area contributed by atoms with Crippen molar-refractivity contribution in [1.82, 2.24) is 4.90 Å². The van der Waals surface area contributed by atoms with Crippen LogP contribution >= 0.6 is 0 Å². The molecule has 1 aliphatic rings. The number of hydrogen-bond donors (Lipinski definition) is 0. The maximum Gasteiger partial charge on any atom is 0.305 e. The highest BCUT2D eigenvalue weighted by Crippen LogP contribution is 2.29. The number of unbranched alkanes of at least 4 members (excludes halogenated alkanes) is 1. The third-order valence-corrected chi connectivity index (χ3v) is 3.29. The van der Waals surface area contributed by atoms with Crippen molar-refractivity contribution in [3.63, 3.8) is 0 Å². The quantitative estimate of drug-likeness (QED) is 0.555. The Labute approximate surface area is 102 Å². The number of carbonyl (C=O) groups excluding carboxylic acids is 2. The van der Waals surface area contributed by atoms with Crippen LogP contribution in [0.3, 0.4) is 0 Å². The number of nitroso groups, excluding NO2 is 1. The Morgan fingerprint density at radius 1 is 1.06 bits per heavy atom. The Bertz CT molecular complexity index is 342. The molecule has 5 nitrogen and oxygen atoms in total. The number of rotatable bonds is 3. The van der Waals surface area contributed by atoms with Gasteiger partial charge in [0.05, 0.1) is 0 Å². The van der Waals surface area contributed by atoms with E-state index in [0.29, 0.717) is 11.3 Å². The minimum atomic E-state index is -1.18. The van der Waals surface area contributed by atoms with E-state index in [4.69, 9.17) is 0 Å². The third kappa shape index (κ3) is 1.98. The number of amides is 2. The van der Waals surface area contributed by atoms with Gasteiger partial charge in [0.1, 0.15) is 0 Å². The molecule has 0 atom stereocenters. The van der Waals surface area contributed by atoms with Gasteiger partial charge in [0, 0.05) is 43.9 Å². The van der Waals surface area contributed by atoms with Gasteiger partial charge in [0.15, 0.2) is 0 Å². The molecule has 0 aliphatic carbocycles. The molecule has 0 radical (unpaired) electrons. The van der Waals surface area contributed by atoms with E-state index >= 15 is 0 Å². The molecular weight excluding hydrogens is 220 g/mol. The Kier molecular flexibility index (Phi) is 3.41. The summed E-state index contributed by atoms with van der Waals surface area (Å²) in [7, 11) is 0. The van der Waals surface area contributed by atoms with E-state index < -0.39 is 22.9 Å². The number of piperazine rings is 1. The molecule has 1 aliphatic heterocycles. The van der Waals surface area contributed by atoms with E-state index in [1.807, 2.05) is 6.92 Å². The average molecular weight is 241 g/mol. The zero-order valence-electron chi connectivity index (χ0n) is 11.2. The van der Waals surface area contributed by atoms with E-state index in [0.717, 1.165) is 12.8 Å². The molecule has 17 heavy (non-hydrogen) atoms. The summed E-state index contributed by atoms with van der Waals surface area (Å²) in [6.45, 7) is 8.65. The Morgan fingerprint density at radius 3 is 1.82 bits per heavy atom. The second kappa shape index (κ2) is 4.20. The number of nitrogens with zero attached hydrogens (tertiary/aromatic N) is 2. The molecule has 0 unspecified atom stereocenters. The van der Waals surface area contributed by atoms with Gasteiger partial charge in [-0.05, 0) is 6.42 Å². The van der Waals surface area contributed by atoms with Gasteiger partial charge in [-0.25, -0.2) is 0 Å². The van der Waals surface area contributed by atoms with E-state index in [-0.39, 0.29) is 0 Å². The highest BCUT2D eigenvalue weighted by molar-refractivity contribution is 6.03. The molecular formula is C12H21N2O3+. The van der Waals surface area contributed by atoms with Gasteiger partial charge in [-0.1, -0.05) is 13.3 Å². The molecule has 96 valence electrons. The monoisotopic (exact) mass is 241 g/mol. The van der Waals surface area contributed by atoms with Crippen molar-refractivity contribution in [3.05, 3.63) is 4.91 Å². The van der Waals surface area contributed by atoms with Gasteiger partial charge in [0.2, 0.25) is 0 Å². The van der Waals surface area contributed by atoms with Crippen LogP contribution in [0.5, 0.6) is 0 Å². The Hall–Kier alpha value is -1.26. The molecule has 0 spiro atoms. The normalized spacial score (nSPS) is 23.1. The maximum atomic E-state index is 12.1. The highest BCUT2D eigenvalue weighted by atomic mass is 16.3. The van der Waals surface area contributed by atoms with Crippen molar-refractivity contribution in [3.8, 4) is 0 Å². The van der Waals surface area contributed by atoms with E-state index in [1.54, 1.807) is 27.7 Å². The van der Waals surface area contributed by atoms with E-state index in [1.165, 1.54) is 4.90 Å². The lowest BCUT2D eigenvalue weighted by atomic mass is 9.89. The van der Waals surface area contributed by atoms with Crippen LogP contribution in [0, 0.1) is 4.91 Å². The van der Waals surface area contributed by atoms with Gasteiger partial charge in [-0.2, -0.15) is 0 Å². The fraction of sp³-hybridized carbons (Fsp3) is 0.833. The van der Waals surface area contributed by atoms with Crippen LogP contribution in [0.25, 0.3) is 0 Å².